The molecule has 4 heteroatoms. The molecular weight excluding hydrogens is 168 g/mol. The first-order valence-corrected chi connectivity index (χ1v) is 4.36. The van der Waals surface area contributed by atoms with Gasteiger partial charge in [-0.1, -0.05) is 13.8 Å². The van der Waals surface area contributed by atoms with E-state index in [1.54, 1.807) is 19.3 Å². The summed E-state index contributed by atoms with van der Waals surface area (Å²) < 4.78 is 1.85. The van der Waals surface area contributed by atoms with E-state index in [1.807, 2.05) is 11.5 Å². The van der Waals surface area contributed by atoms with Gasteiger partial charge in [0, 0.05) is 37.2 Å². The maximum absolute atomic E-state index is 10.5. The van der Waals surface area contributed by atoms with Crippen molar-refractivity contribution in [2.45, 2.75) is 26.8 Å². The van der Waals surface area contributed by atoms with Crippen LogP contribution in [-0.2, 0) is 17.8 Å². The SMILES string of the molecule is CCc1nccn1C[C@@H](C)C(=O)[O-]. The van der Waals surface area contributed by atoms with Gasteiger partial charge in [-0.3, -0.25) is 0 Å². The predicted molar refractivity (Wildman–Crippen MR) is 45.8 cm³/mol. The van der Waals surface area contributed by atoms with Crippen molar-refractivity contribution in [1.29, 1.82) is 0 Å². The fourth-order valence-corrected chi connectivity index (χ4v) is 1.19. The molecular formula is C9H13N2O2-. The lowest BCUT2D eigenvalue weighted by molar-refractivity contribution is -0.311. The lowest BCUT2D eigenvalue weighted by atomic mass is 10.2. The van der Waals surface area contributed by atoms with Gasteiger partial charge < -0.3 is 14.5 Å². The van der Waals surface area contributed by atoms with Gasteiger partial charge >= 0.3 is 0 Å². The highest BCUT2D eigenvalue weighted by atomic mass is 16.4. The summed E-state index contributed by atoms with van der Waals surface area (Å²) in [5, 5.41) is 10.5. The average Bonchev–Trinajstić information content (AvgIpc) is 2.51. The van der Waals surface area contributed by atoms with Gasteiger partial charge in [0.1, 0.15) is 5.82 Å². The Hall–Kier alpha value is -1.32. The second-order valence-corrected chi connectivity index (χ2v) is 3.07. The van der Waals surface area contributed by atoms with E-state index >= 15 is 0 Å². The standard InChI is InChI=1S/C9H14N2O2/c1-3-8-10-4-5-11(8)6-7(2)9(12)13/h4-5,7H,3,6H2,1-2H3,(H,12,13)/p-1/t7-/m1/s1. The molecule has 0 N–H and O–H groups in total. The molecule has 0 aromatic carbocycles. The summed E-state index contributed by atoms with van der Waals surface area (Å²) in [4.78, 5) is 14.6. The Morgan fingerprint density at radius 2 is 2.46 bits per heavy atom. The lowest BCUT2D eigenvalue weighted by Crippen LogP contribution is -2.32. The molecule has 0 amide bonds. The first kappa shape index (κ1) is 9.77. The number of carboxylic acid groups (broad SMARTS) is 1. The highest BCUT2D eigenvalue weighted by Crippen LogP contribution is 2.04. The molecule has 0 radical (unpaired) electrons. The van der Waals surface area contributed by atoms with Crippen molar-refractivity contribution < 1.29 is 9.90 Å². The number of aryl methyl sites for hydroxylation is 1. The molecule has 0 fully saturated rings. The zero-order chi connectivity index (χ0) is 9.84. The molecule has 0 unspecified atom stereocenters. The van der Waals surface area contributed by atoms with Crippen LogP contribution in [0.5, 0.6) is 0 Å². The van der Waals surface area contributed by atoms with Gasteiger partial charge in [-0.15, -0.1) is 0 Å². The highest BCUT2D eigenvalue weighted by molar-refractivity contribution is 5.66. The van der Waals surface area contributed by atoms with Crippen LogP contribution in [-0.4, -0.2) is 15.5 Å². The third kappa shape index (κ3) is 2.31. The summed E-state index contributed by atoms with van der Waals surface area (Å²) in [5.41, 5.74) is 0. The van der Waals surface area contributed by atoms with Crippen LogP contribution in [0.1, 0.15) is 19.7 Å². The molecule has 1 rings (SSSR count). The molecule has 13 heavy (non-hydrogen) atoms. The second kappa shape index (κ2) is 4.07. The molecule has 4 nitrogen and oxygen atoms in total. The van der Waals surface area contributed by atoms with Crippen LogP contribution in [0.15, 0.2) is 12.4 Å². The molecule has 0 spiro atoms. The summed E-state index contributed by atoms with van der Waals surface area (Å²) in [6.07, 6.45) is 4.28. The van der Waals surface area contributed by atoms with E-state index < -0.39 is 11.9 Å². The lowest BCUT2D eigenvalue weighted by Gasteiger charge is -2.14. The molecule has 0 saturated heterocycles. The van der Waals surface area contributed by atoms with Gasteiger partial charge in [0.2, 0.25) is 0 Å². The van der Waals surface area contributed by atoms with Gasteiger partial charge in [0.05, 0.1) is 0 Å². The number of aromatic nitrogens is 2. The summed E-state index contributed by atoms with van der Waals surface area (Å²) in [5.74, 6) is -0.580. The van der Waals surface area contributed by atoms with Crippen LogP contribution < -0.4 is 5.11 Å². The van der Waals surface area contributed by atoms with Crippen LogP contribution >= 0.6 is 0 Å². The van der Waals surface area contributed by atoms with Gasteiger partial charge in [-0.2, -0.15) is 0 Å². The zero-order valence-electron chi connectivity index (χ0n) is 7.86. The largest absolute Gasteiger partial charge is 0.550 e. The second-order valence-electron chi connectivity index (χ2n) is 3.07. The van der Waals surface area contributed by atoms with Gasteiger partial charge in [-0.05, 0) is 0 Å². The zero-order valence-corrected chi connectivity index (χ0v) is 7.86. The molecule has 1 aromatic heterocycles. The minimum Gasteiger partial charge on any atom is -0.550 e. The number of carbonyl (C=O) groups excluding carboxylic acids is 1. The van der Waals surface area contributed by atoms with Gasteiger partial charge in [0.15, 0.2) is 0 Å². The van der Waals surface area contributed by atoms with E-state index in [0.717, 1.165) is 12.2 Å². The number of carboxylic acids is 1. The molecule has 0 aliphatic heterocycles. The topological polar surface area (TPSA) is 58.0 Å². The number of nitrogens with zero attached hydrogens (tertiary/aromatic N) is 2. The van der Waals surface area contributed by atoms with E-state index in [-0.39, 0.29) is 0 Å². The van der Waals surface area contributed by atoms with Crippen molar-refractivity contribution in [2.75, 3.05) is 0 Å². The minimum absolute atomic E-state index is 0.436. The number of hydrogen-bond acceptors (Lipinski definition) is 3. The van der Waals surface area contributed by atoms with E-state index in [4.69, 9.17) is 0 Å². The van der Waals surface area contributed by atoms with Crippen molar-refractivity contribution in [1.82, 2.24) is 9.55 Å². The maximum Gasteiger partial charge on any atom is 0.108 e. The van der Waals surface area contributed by atoms with Crippen LogP contribution in [0.2, 0.25) is 0 Å². The number of carbonyl (C=O) groups is 1. The Bertz CT molecular complexity index is 294. The van der Waals surface area contributed by atoms with Crippen molar-refractivity contribution in [3.63, 3.8) is 0 Å². The van der Waals surface area contributed by atoms with Crippen LogP contribution in [0, 0.1) is 5.92 Å². The van der Waals surface area contributed by atoms with Crippen molar-refractivity contribution >= 4 is 5.97 Å². The normalized spacial score (nSPS) is 12.8. The molecule has 0 bridgehead atoms. The number of aliphatic carboxylic acids is 1. The highest BCUT2D eigenvalue weighted by Gasteiger charge is 2.06. The smallest absolute Gasteiger partial charge is 0.108 e. The number of rotatable bonds is 4. The number of hydrogen-bond donors (Lipinski definition) is 0. The Balaban J connectivity index is 2.68. The summed E-state index contributed by atoms with van der Waals surface area (Å²) in [6, 6.07) is 0. The van der Waals surface area contributed by atoms with Crippen LogP contribution in [0.4, 0.5) is 0 Å². The van der Waals surface area contributed by atoms with Gasteiger partial charge in [0.25, 0.3) is 0 Å². The predicted octanol–water partition coefficient (Wildman–Crippen LogP) is -0.169. The first-order chi connectivity index (χ1) is 6.15. The summed E-state index contributed by atoms with van der Waals surface area (Å²) in [7, 11) is 0. The Labute approximate surface area is 77.2 Å². The number of imidazole rings is 1. The van der Waals surface area contributed by atoms with E-state index in [0.29, 0.717) is 6.54 Å². The van der Waals surface area contributed by atoms with Crippen LogP contribution in [0.25, 0.3) is 0 Å². The van der Waals surface area contributed by atoms with Crippen molar-refractivity contribution in [3.8, 4) is 0 Å². The Morgan fingerprint density at radius 3 is 3.00 bits per heavy atom. The molecule has 0 saturated carbocycles. The molecule has 1 aromatic rings. The molecule has 0 aliphatic carbocycles. The Kier molecular flexibility index (Phi) is 3.06. The molecule has 1 atom stereocenters. The minimum atomic E-state index is -1.02. The average molecular weight is 181 g/mol. The fourth-order valence-electron chi connectivity index (χ4n) is 1.19. The monoisotopic (exact) mass is 181 g/mol. The van der Waals surface area contributed by atoms with E-state index in [1.165, 1.54) is 0 Å². The third-order valence-electron chi connectivity index (χ3n) is 1.99. The summed E-state index contributed by atoms with van der Waals surface area (Å²) >= 11 is 0. The maximum atomic E-state index is 10.5. The van der Waals surface area contributed by atoms with Crippen LogP contribution in [0.3, 0.4) is 0 Å². The molecule has 0 aliphatic rings. The Morgan fingerprint density at radius 1 is 1.77 bits per heavy atom. The van der Waals surface area contributed by atoms with E-state index in [2.05, 4.69) is 4.98 Å². The third-order valence-corrected chi connectivity index (χ3v) is 1.99. The quantitative estimate of drug-likeness (QED) is 0.648. The van der Waals surface area contributed by atoms with Crippen molar-refractivity contribution in [3.05, 3.63) is 18.2 Å². The fraction of sp³-hybridized carbons (Fsp3) is 0.556. The van der Waals surface area contributed by atoms with Crippen molar-refractivity contribution in [2.24, 2.45) is 5.92 Å². The molecule has 72 valence electrons. The first-order valence-electron chi connectivity index (χ1n) is 4.36. The van der Waals surface area contributed by atoms with Gasteiger partial charge in [-0.25, -0.2) is 4.98 Å². The summed E-state index contributed by atoms with van der Waals surface area (Å²) in [6.45, 7) is 4.06. The molecule has 1 heterocycles. The van der Waals surface area contributed by atoms with E-state index in [9.17, 15) is 9.90 Å².